The molecule has 2 saturated carbocycles. The first-order valence-electron chi connectivity index (χ1n) is 32.2. The first-order valence-corrected chi connectivity index (χ1v) is 32.2. The second-order valence-electron chi connectivity index (χ2n) is 22.5. The zero-order chi connectivity index (χ0) is 65.1. The molecule has 2 aliphatic heterocycles. The number of carboxylic acid groups (broad SMARTS) is 1. The standard InChI is InChI=1S/C60H109N3O27.Na/c1-5-44-38-45(39-46(55(44)90-60-54(70)53(69)51(67)41(2)86-60)88-59-50(63-42(3)65)56(52(68)48(40-64)89-59)87-47(58(72)73)37-43-9-7-6-8-10-43)57(71)62-13-12-61-49(66)11-14-75-17-18-77-21-22-79-25-26-81-29-30-83-33-34-85-36-35-84-32-31-82-28-27-80-24-23-78-20-19-76-16-15-74-4;/h41,43-48,50-56,59-60,64,67-70H,5-40H2,1-4H3,(H,61,66)(H,62,71)(H,63,65)(H,72,73);/q;+1/p-1/t41-,44-,45+,46+,47-,48+,50+,51+,52-,53+,54-,55+,56+,59+,60-;/m0./s1. The third kappa shape index (κ3) is 34.2. The number of amides is 3. The first-order chi connectivity index (χ1) is 43.7. The molecule has 31 heteroatoms. The van der Waals surface area contributed by atoms with Gasteiger partial charge >= 0.3 is 29.6 Å². The molecule has 0 radical (unpaired) electrons. The first kappa shape index (κ1) is 83.2. The second kappa shape index (κ2) is 51.3. The molecule has 0 spiro atoms. The molecule has 2 heterocycles. The van der Waals surface area contributed by atoms with Crippen molar-refractivity contribution in [3.63, 3.8) is 0 Å². The Balaban J connectivity index is 0.0000216. The van der Waals surface area contributed by atoms with Crippen LogP contribution < -0.4 is 50.6 Å². The summed E-state index contributed by atoms with van der Waals surface area (Å²) in [6.45, 7) is 13.9. The Morgan fingerprint density at radius 3 is 1.49 bits per heavy atom. The van der Waals surface area contributed by atoms with E-state index in [1.54, 1.807) is 7.11 Å². The van der Waals surface area contributed by atoms with Crippen LogP contribution >= 0.6 is 0 Å². The number of methoxy groups -OCH3 is 1. The molecule has 91 heavy (non-hydrogen) atoms. The normalized spacial score (nSPS) is 27.4. The summed E-state index contributed by atoms with van der Waals surface area (Å²) in [6, 6.07) is -1.37. The third-order valence-electron chi connectivity index (χ3n) is 15.7. The number of carbonyl (C=O) groups excluding carboxylic acids is 4. The molecular formula is C60H108N3NaO27. The number of aliphatic hydroxyl groups is 5. The van der Waals surface area contributed by atoms with Crippen LogP contribution in [-0.2, 0) is 99.7 Å². The van der Waals surface area contributed by atoms with E-state index >= 15 is 0 Å². The van der Waals surface area contributed by atoms with Crippen molar-refractivity contribution in [1.29, 1.82) is 0 Å². The number of carboxylic acids is 1. The number of carbonyl (C=O) groups is 4. The largest absolute Gasteiger partial charge is 1.00 e. The summed E-state index contributed by atoms with van der Waals surface area (Å²) < 4.78 is 96.4. The van der Waals surface area contributed by atoms with Gasteiger partial charge in [0.05, 0.1) is 189 Å². The van der Waals surface area contributed by atoms with Gasteiger partial charge in [0.25, 0.3) is 0 Å². The Morgan fingerprint density at radius 2 is 1.04 bits per heavy atom. The molecule has 15 atom stereocenters. The summed E-state index contributed by atoms with van der Waals surface area (Å²) in [5, 5.41) is 75.0. The molecule has 0 aromatic heterocycles. The zero-order valence-corrected chi connectivity index (χ0v) is 56.4. The SMILES string of the molecule is CC[C@H]1C[C@@H](C(=O)NCCNC(=O)CCOCCOCCOCCOCCOCCOCCOCCOCCOCCOCCOCCOC)C[C@@H](O[C@@H]2O[C@H](CO)[C@H](O)[C@H](O[C@@H](CC3CCCCC3)C(=O)[O-])[C@H]2NC(C)=O)[C@@H]1O[C@@H]1O[C@@H](C)[C@@H](O)[C@@H](O)[C@@H]1O.[Na+]. The summed E-state index contributed by atoms with van der Waals surface area (Å²) in [4.78, 5) is 52.0. The van der Waals surface area contributed by atoms with Crippen molar-refractivity contribution in [2.75, 3.05) is 179 Å². The summed E-state index contributed by atoms with van der Waals surface area (Å²) in [7, 11) is 1.63. The Bertz CT molecular complexity index is 1870. The Labute approximate surface area is 558 Å². The topological polar surface area (TPSA) is 385 Å². The van der Waals surface area contributed by atoms with E-state index in [1.807, 2.05) is 6.92 Å². The smallest absolute Gasteiger partial charge is 0.547 e. The van der Waals surface area contributed by atoms with Crippen LogP contribution in [0.4, 0.5) is 0 Å². The molecule has 0 aromatic rings. The van der Waals surface area contributed by atoms with E-state index in [4.69, 9.17) is 80.5 Å². The van der Waals surface area contributed by atoms with Crippen molar-refractivity contribution in [1.82, 2.24) is 16.0 Å². The summed E-state index contributed by atoms with van der Waals surface area (Å²) >= 11 is 0. The van der Waals surface area contributed by atoms with Gasteiger partial charge in [-0.2, -0.15) is 0 Å². The number of hydrogen-bond acceptors (Lipinski definition) is 27. The van der Waals surface area contributed by atoms with Crippen LogP contribution in [0.15, 0.2) is 0 Å². The molecule has 0 bridgehead atoms. The molecule has 30 nitrogen and oxygen atoms in total. The van der Waals surface area contributed by atoms with Crippen molar-refractivity contribution in [2.24, 2.45) is 17.8 Å². The maximum Gasteiger partial charge on any atom is 1.00 e. The minimum Gasteiger partial charge on any atom is -0.547 e. The quantitative estimate of drug-likeness (QED) is 0.0208. The van der Waals surface area contributed by atoms with Crippen LogP contribution in [0, 0.1) is 17.8 Å². The third-order valence-corrected chi connectivity index (χ3v) is 15.7. The molecule has 526 valence electrons. The van der Waals surface area contributed by atoms with Crippen molar-refractivity contribution in [3.8, 4) is 0 Å². The second-order valence-corrected chi connectivity index (χ2v) is 22.5. The fraction of sp³-hybridized carbons (Fsp3) is 0.933. The molecule has 2 saturated heterocycles. The summed E-state index contributed by atoms with van der Waals surface area (Å²) in [5.74, 6) is -3.98. The van der Waals surface area contributed by atoms with Gasteiger partial charge in [-0.05, 0) is 38.0 Å². The fourth-order valence-corrected chi connectivity index (χ4v) is 10.8. The molecule has 4 aliphatic rings. The van der Waals surface area contributed by atoms with Crippen molar-refractivity contribution in [2.45, 2.75) is 165 Å². The van der Waals surface area contributed by atoms with Gasteiger partial charge < -0.3 is 132 Å². The minimum absolute atomic E-state index is 0. The molecule has 3 amide bonds. The molecule has 0 aromatic carbocycles. The molecule has 0 unspecified atom stereocenters. The van der Waals surface area contributed by atoms with Crippen LogP contribution in [0.3, 0.4) is 0 Å². The van der Waals surface area contributed by atoms with Gasteiger partial charge in [0.1, 0.15) is 42.7 Å². The predicted octanol–water partition coefficient (Wildman–Crippen LogP) is -5.47. The zero-order valence-electron chi connectivity index (χ0n) is 54.4. The predicted molar refractivity (Wildman–Crippen MR) is 314 cm³/mol. The summed E-state index contributed by atoms with van der Waals surface area (Å²) in [6.07, 6.45) is -11.6. The van der Waals surface area contributed by atoms with Crippen molar-refractivity contribution in [3.05, 3.63) is 0 Å². The fourth-order valence-electron chi connectivity index (χ4n) is 10.8. The molecular weight excluding hydrogens is 1220 g/mol. The van der Waals surface area contributed by atoms with Gasteiger partial charge in [0, 0.05) is 39.5 Å². The number of rotatable bonds is 52. The number of hydrogen-bond donors (Lipinski definition) is 8. The molecule has 2 aliphatic carbocycles. The van der Waals surface area contributed by atoms with E-state index in [2.05, 4.69) is 16.0 Å². The average molecular weight is 1330 g/mol. The number of ether oxygens (including phenoxy) is 17. The maximum atomic E-state index is 14.0. The van der Waals surface area contributed by atoms with Crippen LogP contribution in [0.25, 0.3) is 0 Å². The Morgan fingerprint density at radius 1 is 0.571 bits per heavy atom. The molecule has 4 fully saturated rings. The van der Waals surface area contributed by atoms with Gasteiger partial charge in [0.15, 0.2) is 12.6 Å². The minimum atomic E-state index is -1.69. The van der Waals surface area contributed by atoms with Gasteiger partial charge in [-0.1, -0.05) is 45.4 Å². The van der Waals surface area contributed by atoms with E-state index in [9.17, 15) is 49.8 Å². The van der Waals surface area contributed by atoms with Gasteiger partial charge in [-0.3, -0.25) is 14.4 Å². The van der Waals surface area contributed by atoms with Crippen molar-refractivity contribution < 1.29 is 160 Å². The van der Waals surface area contributed by atoms with E-state index < -0.39 is 110 Å². The van der Waals surface area contributed by atoms with Crippen LogP contribution in [0.5, 0.6) is 0 Å². The van der Waals surface area contributed by atoms with E-state index in [0.29, 0.717) is 145 Å². The van der Waals surface area contributed by atoms with Gasteiger partial charge in [-0.15, -0.1) is 0 Å². The Kier molecular flexibility index (Phi) is 46.9. The maximum absolute atomic E-state index is 14.0. The Hall–Kier alpha value is -2.00. The number of aliphatic carboxylic acids is 1. The van der Waals surface area contributed by atoms with E-state index in [0.717, 1.165) is 32.1 Å². The van der Waals surface area contributed by atoms with E-state index in [1.165, 1.54) is 13.8 Å². The number of nitrogens with one attached hydrogen (secondary N) is 3. The monoisotopic (exact) mass is 1330 g/mol. The summed E-state index contributed by atoms with van der Waals surface area (Å²) in [5.41, 5.74) is 0. The molecule has 8 N–H and O–H groups in total. The average Bonchev–Trinajstić information content (AvgIpc) is 0.989. The van der Waals surface area contributed by atoms with Crippen LogP contribution in [-0.4, -0.2) is 308 Å². The van der Waals surface area contributed by atoms with Crippen LogP contribution in [0.2, 0.25) is 0 Å². The van der Waals surface area contributed by atoms with Crippen LogP contribution in [0.1, 0.15) is 85.0 Å². The van der Waals surface area contributed by atoms with Gasteiger partial charge in [-0.25, -0.2) is 0 Å². The van der Waals surface area contributed by atoms with E-state index in [-0.39, 0.29) is 99.3 Å². The number of aliphatic hydroxyl groups excluding tert-OH is 5. The van der Waals surface area contributed by atoms with Gasteiger partial charge in [0.2, 0.25) is 17.7 Å². The van der Waals surface area contributed by atoms with Crippen molar-refractivity contribution >= 4 is 23.7 Å². The molecule has 4 rings (SSSR count).